The van der Waals surface area contributed by atoms with Gasteiger partial charge in [-0.15, -0.1) is 0 Å². The zero-order chi connectivity index (χ0) is 24.0. The van der Waals surface area contributed by atoms with E-state index >= 15 is 0 Å². The Bertz CT molecular complexity index is 903. The fraction of sp³-hybridized carbons (Fsp3) is 0.522. The van der Waals surface area contributed by atoms with E-state index in [1.54, 1.807) is 50.2 Å². The zero-order valence-corrected chi connectivity index (χ0v) is 20.2. The number of rotatable bonds is 7. The molecular weight excluding hydrogens is 446 g/mol. The van der Waals surface area contributed by atoms with Crippen LogP contribution in [0.1, 0.15) is 24.9 Å². The SMILES string of the molecule is CCOC(=O)C1=C(CN2CCCN(CC(=O)N(C)C)CC2)NC(=O)NC1c1ccc(Cl)cc1. The minimum absolute atomic E-state index is 0.0761. The molecule has 0 bridgehead atoms. The van der Waals surface area contributed by atoms with Gasteiger partial charge >= 0.3 is 12.0 Å². The van der Waals surface area contributed by atoms with E-state index in [-0.39, 0.29) is 18.5 Å². The van der Waals surface area contributed by atoms with Gasteiger partial charge in [-0.1, -0.05) is 23.7 Å². The molecule has 0 radical (unpaired) electrons. The first-order chi connectivity index (χ1) is 15.8. The number of carbonyl (C=O) groups excluding carboxylic acids is 3. The van der Waals surface area contributed by atoms with Crippen LogP contribution in [0, 0.1) is 0 Å². The Morgan fingerprint density at radius 2 is 1.79 bits per heavy atom. The molecule has 0 spiro atoms. The zero-order valence-electron chi connectivity index (χ0n) is 19.4. The Morgan fingerprint density at radius 1 is 1.12 bits per heavy atom. The summed E-state index contributed by atoms with van der Waals surface area (Å²) >= 11 is 6.02. The van der Waals surface area contributed by atoms with Crippen LogP contribution in [0.4, 0.5) is 4.79 Å². The fourth-order valence-corrected chi connectivity index (χ4v) is 4.12. The maximum Gasteiger partial charge on any atom is 0.338 e. The largest absolute Gasteiger partial charge is 0.463 e. The quantitative estimate of drug-likeness (QED) is 0.579. The molecule has 2 heterocycles. The number of carbonyl (C=O) groups is 3. The lowest BCUT2D eigenvalue weighted by atomic mass is 9.95. The van der Waals surface area contributed by atoms with Gasteiger partial charge in [-0.25, -0.2) is 9.59 Å². The lowest BCUT2D eigenvalue weighted by Gasteiger charge is -2.32. The molecule has 2 N–H and O–H groups in total. The summed E-state index contributed by atoms with van der Waals surface area (Å²) < 4.78 is 5.34. The maximum atomic E-state index is 12.9. The number of ether oxygens (including phenoxy) is 1. The number of esters is 1. The van der Waals surface area contributed by atoms with Crippen LogP contribution in [0.5, 0.6) is 0 Å². The van der Waals surface area contributed by atoms with Crippen LogP contribution in [0.25, 0.3) is 0 Å². The van der Waals surface area contributed by atoms with Crippen LogP contribution >= 0.6 is 11.6 Å². The lowest BCUT2D eigenvalue weighted by molar-refractivity contribution is -0.139. The van der Waals surface area contributed by atoms with Gasteiger partial charge in [0.05, 0.1) is 24.8 Å². The highest BCUT2D eigenvalue weighted by Gasteiger charge is 2.34. The van der Waals surface area contributed by atoms with Crippen LogP contribution in [0.2, 0.25) is 5.02 Å². The number of benzene rings is 1. The van der Waals surface area contributed by atoms with Crippen molar-refractivity contribution in [2.75, 3.05) is 60.0 Å². The first-order valence-electron chi connectivity index (χ1n) is 11.2. The average Bonchev–Trinajstić information content (AvgIpc) is 2.99. The second-order valence-electron chi connectivity index (χ2n) is 8.39. The number of nitrogens with zero attached hydrogens (tertiary/aromatic N) is 3. The van der Waals surface area contributed by atoms with Gasteiger partial charge < -0.3 is 20.3 Å². The van der Waals surface area contributed by atoms with E-state index in [4.69, 9.17) is 16.3 Å². The summed E-state index contributed by atoms with van der Waals surface area (Å²) in [6, 6.07) is 6.04. The molecule has 0 saturated carbocycles. The van der Waals surface area contributed by atoms with E-state index in [1.165, 1.54) is 0 Å². The van der Waals surface area contributed by atoms with Gasteiger partial charge in [0.2, 0.25) is 5.91 Å². The van der Waals surface area contributed by atoms with Crippen molar-refractivity contribution in [2.24, 2.45) is 0 Å². The normalized spacial score (nSPS) is 20.0. The topological polar surface area (TPSA) is 94.2 Å². The van der Waals surface area contributed by atoms with Crippen molar-refractivity contribution in [1.82, 2.24) is 25.3 Å². The number of hydrogen-bond donors (Lipinski definition) is 2. The molecule has 10 heteroatoms. The number of urea groups is 1. The third-order valence-corrected chi connectivity index (χ3v) is 6.02. The van der Waals surface area contributed by atoms with Gasteiger partial charge in [0.1, 0.15) is 0 Å². The molecule has 2 aliphatic rings. The minimum Gasteiger partial charge on any atom is -0.463 e. The van der Waals surface area contributed by atoms with E-state index in [2.05, 4.69) is 20.4 Å². The van der Waals surface area contributed by atoms with Crippen molar-refractivity contribution in [1.29, 1.82) is 0 Å². The molecule has 0 aromatic heterocycles. The van der Waals surface area contributed by atoms with E-state index in [0.717, 1.165) is 38.2 Å². The third-order valence-electron chi connectivity index (χ3n) is 5.77. The molecule has 3 amide bonds. The van der Waals surface area contributed by atoms with Crippen LogP contribution < -0.4 is 10.6 Å². The van der Waals surface area contributed by atoms with Crippen molar-refractivity contribution in [3.8, 4) is 0 Å². The summed E-state index contributed by atoms with van der Waals surface area (Å²) in [5.41, 5.74) is 1.68. The molecule has 9 nitrogen and oxygen atoms in total. The predicted octanol–water partition coefficient (Wildman–Crippen LogP) is 1.61. The molecule has 1 aromatic carbocycles. The van der Waals surface area contributed by atoms with Crippen LogP contribution in [0.3, 0.4) is 0 Å². The van der Waals surface area contributed by atoms with Crippen LogP contribution in [-0.4, -0.2) is 92.6 Å². The second kappa shape index (κ2) is 11.5. The summed E-state index contributed by atoms with van der Waals surface area (Å²) in [6.45, 7) is 5.84. The van der Waals surface area contributed by atoms with Gasteiger partial charge in [-0.3, -0.25) is 14.6 Å². The number of hydrogen-bond acceptors (Lipinski definition) is 6. The van der Waals surface area contributed by atoms with Crippen molar-refractivity contribution < 1.29 is 19.1 Å². The summed E-state index contributed by atoms with van der Waals surface area (Å²) in [7, 11) is 3.51. The Labute approximate surface area is 199 Å². The van der Waals surface area contributed by atoms with E-state index in [1.807, 2.05) is 0 Å². The van der Waals surface area contributed by atoms with Crippen molar-refractivity contribution in [3.05, 3.63) is 46.1 Å². The maximum absolute atomic E-state index is 12.9. The third kappa shape index (κ3) is 6.69. The molecule has 1 atom stereocenters. The highest BCUT2D eigenvalue weighted by Crippen LogP contribution is 2.29. The number of likely N-dealkylation sites (N-methyl/N-ethyl adjacent to an activating group) is 1. The van der Waals surface area contributed by atoms with Gasteiger partial charge in [0.25, 0.3) is 0 Å². The molecule has 1 aromatic rings. The first-order valence-corrected chi connectivity index (χ1v) is 11.5. The van der Waals surface area contributed by atoms with E-state index < -0.39 is 12.0 Å². The van der Waals surface area contributed by atoms with Crippen LogP contribution in [-0.2, 0) is 14.3 Å². The smallest absolute Gasteiger partial charge is 0.338 e. The molecule has 1 saturated heterocycles. The predicted molar refractivity (Wildman–Crippen MR) is 126 cm³/mol. The number of nitrogens with one attached hydrogen (secondary N) is 2. The first kappa shape index (κ1) is 25.0. The molecule has 3 rings (SSSR count). The van der Waals surface area contributed by atoms with Crippen LogP contribution in [0.15, 0.2) is 35.5 Å². The van der Waals surface area contributed by atoms with Crippen molar-refractivity contribution >= 4 is 29.5 Å². The summed E-state index contributed by atoms with van der Waals surface area (Å²) in [4.78, 5) is 43.4. The fourth-order valence-electron chi connectivity index (χ4n) is 3.99. The number of halogens is 1. The molecule has 180 valence electrons. The van der Waals surface area contributed by atoms with Gasteiger partial charge in [-0.2, -0.15) is 0 Å². The summed E-state index contributed by atoms with van der Waals surface area (Å²) in [5, 5.41) is 6.24. The Balaban J connectivity index is 1.82. The molecule has 0 aliphatic carbocycles. The Kier molecular flexibility index (Phi) is 8.71. The standard InChI is InChI=1S/C23H32ClN5O4/c1-4-33-22(31)20-18(25-23(32)26-21(20)16-6-8-17(24)9-7-16)14-28-10-5-11-29(13-12-28)15-19(30)27(2)3/h6-9,21H,4-5,10-15H2,1-3H3,(H2,25,26,32). The highest BCUT2D eigenvalue weighted by molar-refractivity contribution is 6.30. The average molecular weight is 478 g/mol. The molecule has 33 heavy (non-hydrogen) atoms. The number of amides is 3. The van der Waals surface area contributed by atoms with E-state index in [0.29, 0.717) is 29.4 Å². The Morgan fingerprint density at radius 3 is 2.45 bits per heavy atom. The van der Waals surface area contributed by atoms with Gasteiger partial charge in [0.15, 0.2) is 0 Å². The second-order valence-corrected chi connectivity index (χ2v) is 8.83. The minimum atomic E-state index is -0.633. The monoisotopic (exact) mass is 477 g/mol. The Hall–Kier alpha value is -2.62. The van der Waals surface area contributed by atoms with Gasteiger partial charge in [-0.05, 0) is 44.1 Å². The lowest BCUT2D eigenvalue weighted by Crippen LogP contribution is -2.48. The molecule has 2 aliphatic heterocycles. The van der Waals surface area contributed by atoms with E-state index in [9.17, 15) is 14.4 Å². The van der Waals surface area contributed by atoms with Crippen molar-refractivity contribution in [3.63, 3.8) is 0 Å². The molecular formula is C23H32ClN5O4. The highest BCUT2D eigenvalue weighted by atomic mass is 35.5. The molecule has 1 fully saturated rings. The summed E-state index contributed by atoms with van der Waals surface area (Å²) in [5.74, 6) is -0.389. The van der Waals surface area contributed by atoms with Gasteiger partial charge in [0, 0.05) is 44.4 Å². The molecule has 1 unspecified atom stereocenters. The summed E-state index contributed by atoms with van der Waals surface area (Å²) in [6.07, 6.45) is 0.884. The van der Waals surface area contributed by atoms with Crippen molar-refractivity contribution in [2.45, 2.75) is 19.4 Å².